The highest BCUT2D eigenvalue weighted by Gasteiger charge is 2.40. The summed E-state index contributed by atoms with van der Waals surface area (Å²) in [5.74, 6) is 1.05. The van der Waals surface area contributed by atoms with Crippen molar-refractivity contribution in [1.82, 2.24) is 0 Å². The zero-order chi connectivity index (χ0) is 25.1. The number of hydrogen-bond donors (Lipinski definition) is 0. The summed E-state index contributed by atoms with van der Waals surface area (Å²) >= 11 is 0. The van der Waals surface area contributed by atoms with E-state index in [4.69, 9.17) is 9.84 Å². The minimum atomic E-state index is -0.402. The summed E-state index contributed by atoms with van der Waals surface area (Å²) in [6.45, 7) is 6.18. The van der Waals surface area contributed by atoms with E-state index < -0.39 is 6.17 Å². The van der Waals surface area contributed by atoms with Crippen molar-refractivity contribution >= 4 is 23.0 Å². The standard InChI is InChI=1S/C31H29N3O2/c1-22-18-19-27(20-23(22)2)33-30(24(3)35)32-34(26-14-8-5-9-15-26)31(33)28-16-10-11-17-29(28)36-21-25-12-6-4-7-13-25/h4-20,31H,21H2,1-3H3/t31-/m0/s1. The van der Waals surface area contributed by atoms with Gasteiger partial charge in [0.15, 0.2) is 17.8 Å². The highest BCUT2D eigenvalue weighted by molar-refractivity contribution is 6.44. The van der Waals surface area contributed by atoms with E-state index in [9.17, 15) is 4.79 Å². The molecule has 5 heteroatoms. The van der Waals surface area contributed by atoms with Gasteiger partial charge in [0.05, 0.1) is 5.69 Å². The molecule has 0 aromatic heterocycles. The molecule has 4 aromatic rings. The van der Waals surface area contributed by atoms with Gasteiger partial charge < -0.3 is 4.74 Å². The van der Waals surface area contributed by atoms with Crippen LogP contribution in [0.4, 0.5) is 11.4 Å². The van der Waals surface area contributed by atoms with Crippen LogP contribution >= 0.6 is 0 Å². The molecule has 36 heavy (non-hydrogen) atoms. The van der Waals surface area contributed by atoms with Crippen molar-refractivity contribution in [2.75, 3.05) is 9.91 Å². The fraction of sp³-hybridized carbons (Fsp3) is 0.161. The van der Waals surface area contributed by atoms with Crippen molar-refractivity contribution in [2.45, 2.75) is 33.5 Å². The summed E-state index contributed by atoms with van der Waals surface area (Å²) in [7, 11) is 0. The van der Waals surface area contributed by atoms with Crippen molar-refractivity contribution < 1.29 is 9.53 Å². The maximum Gasteiger partial charge on any atom is 0.198 e. The van der Waals surface area contributed by atoms with Crippen molar-refractivity contribution in [1.29, 1.82) is 0 Å². The lowest BCUT2D eigenvalue weighted by atomic mass is 10.1. The molecule has 0 fully saturated rings. The number of rotatable bonds is 7. The van der Waals surface area contributed by atoms with Crippen LogP contribution in [0, 0.1) is 13.8 Å². The number of para-hydroxylation sites is 2. The topological polar surface area (TPSA) is 45.1 Å². The Labute approximate surface area is 212 Å². The molecule has 1 atom stereocenters. The second-order valence-corrected chi connectivity index (χ2v) is 8.98. The Hall–Kier alpha value is -4.38. The number of amidine groups is 1. The van der Waals surface area contributed by atoms with Gasteiger partial charge in [0.2, 0.25) is 0 Å². The predicted octanol–water partition coefficient (Wildman–Crippen LogP) is 6.81. The van der Waals surface area contributed by atoms with Crippen molar-refractivity contribution in [3.05, 3.63) is 125 Å². The number of anilines is 2. The summed E-state index contributed by atoms with van der Waals surface area (Å²) in [6.07, 6.45) is -0.402. The maximum atomic E-state index is 12.9. The van der Waals surface area contributed by atoms with Gasteiger partial charge in [-0.1, -0.05) is 72.8 Å². The van der Waals surface area contributed by atoms with Gasteiger partial charge in [-0.3, -0.25) is 9.69 Å². The molecular weight excluding hydrogens is 446 g/mol. The van der Waals surface area contributed by atoms with Gasteiger partial charge in [-0.05, 0) is 60.9 Å². The zero-order valence-electron chi connectivity index (χ0n) is 20.8. The Balaban J connectivity index is 1.64. The minimum Gasteiger partial charge on any atom is -0.488 e. The Morgan fingerprint density at radius 2 is 1.47 bits per heavy atom. The summed E-state index contributed by atoms with van der Waals surface area (Å²) in [6, 6.07) is 34.3. The summed E-state index contributed by atoms with van der Waals surface area (Å²) < 4.78 is 6.35. The van der Waals surface area contributed by atoms with Crippen LogP contribution in [0.5, 0.6) is 5.75 Å². The number of hydrogen-bond acceptors (Lipinski definition) is 5. The average molecular weight is 476 g/mol. The Bertz CT molecular complexity index is 1400. The lowest BCUT2D eigenvalue weighted by molar-refractivity contribution is -0.111. The minimum absolute atomic E-state index is 0.0978. The molecule has 0 aliphatic carbocycles. The Morgan fingerprint density at radius 3 is 2.17 bits per heavy atom. The predicted molar refractivity (Wildman–Crippen MR) is 145 cm³/mol. The van der Waals surface area contributed by atoms with Crippen LogP contribution in [0.3, 0.4) is 0 Å². The van der Waals surface area contributed by atoms with Crippen molar-refractivity contribution in [2.24, 2.45) is 5.10 Å². The smallest absolute Gasteiger partial charge is 0.198 e. The Kier molecular flexibility index (Phi) is 6.54. The van der Waals surface area contributed by atoms with E-state index in [1.165, 1.54) is 5.56 Å². The van der Waals surface area contributed by atoms with Crippen LogP contribution < -0.4 is 14.6 Å². The van der Waals surface area contributed by atoms with E-state index in [0.717, 1.165) is 33.8 Å². The third-order valence-electron chi connectivity index (χ3n) is 6.45. The third-order valence-corrected chi connectivity index (χ3v) is 6.45. The van der Waals surface area contributed by atoms with Crippen LogP contribution in [0.15, 0.2) is 108 Å². The van der Waals surface area contributed by atoms with Crippen LogP contribution in [-0.4, -0.2) is 11.6 Å². The van der Waals surface area contributed by atoms with Gasteiger partial charge in [-0.25, -0.2) is 5.01 Å². The number of nitrogens with zero attached hydrogens (tertiary/aromatic N) is 3. The lowest BCUT2D eigenvalue weighted by Gasteiger charge is -2.33. The van der Waals surface area contributed by atoms with Gasteiger partial charge in [0.25, 0.3) is 0 Å². The van der Waals surface area contributed by atoms with Crippen molar-refractivity contribution in [3.63, 3.8) is 0 Å². The number of benzene rings is 4. The van der Waals surface area contributed by atoms with Gasteiger partial charge in [0.1, 0.15) is 12.4 Å². The van der Waals surface area contributed by atoms with Crippen molar-refractivity contribution in [3.8, 4) is 5.75 Å². The first-order chi connectivity index (χ1) is 17.5. The molecule has 0 spiro atoms. The molecule has 5 rings (SSSR count). The van der Waals surface area contributed by atoms with E-state index in [1.807, 2.05) is 94.8 Å². The van der Waals surface area contributed by atoms with Crippen LogP contribution in [-0.2, 0) is 11.4 Å². The lowest BCUT2D eigenvalue weighted by Crippen LogP contribution is -2.38. The Morgan fingerprint density at radius 1 is 0.806 bits per heavy atom. The van der Waals surface area contributed by atoms with Gasteiger partial charge >= 0.3 is 0 Å². The number of carbonyl (C=O) groups excluding carboxylic acids is 1. The number of carbonyl (C=O) groups is 1. The number of Topliss-reactive ketones (excluding diaryl/α,β-unsaturated/α-hetero) is 1. The maximum absolute atomic E-state index is 12.9. The summed E-state index contributed by atoms with van der Waals surface area (Å²) in [5.41, 5.74) is 6.17. The van der Waals surface area contributed by atoms with E-state index in [1.54, 1.807) is 6.92 Å². The first-order valence-corrected chi connectivity index (χ1v) is 12.1. The number of hydrazone groups is 1. The van der Waals surface area contributed by atoms with Gasteiger partial charge in [0, 0.05) is 18.2 Å². The first kappa shape index (κ1) is 23.4. The van der Waals surface area contributed by atoms with Crippen LogP contribution in [0.2, 0.25) is 0 Å². The van der Waals surface area contributed by atoms with E-state index >= 15 is 0 Å². The molecule has 1 aliphatic heterocycles. The molecule has 180 valence electrons. The highest BCUT2D eigenvalue weighted by Crippen LogP contribution is 2.42. The van der Waals surface area contributed by atoms with E-state index in [0.29, 0.717) is 12.4 Å². The molecule has 5 nitrogen and oxygen atoms in total. The SMILES string of the molecule is CC(=O)C1=NN(c2ccccc2)[C@@H](c2ccccc2OCc2ccccc2)N1c1ccc(C)c(C)c1. The van der Waals surface area contributed by atoms with E-state index in [2.05, 4.69) is 32.0 Å². The number of ether oxygens (including phenoxy) is 1. The largest absolute Gasteiger partial charge is 0.488 e. The molecule has 4 aromatic carbocycles. The van der Waals surface area contributed by atoms with E-state index in [-0.39, 0.29) is 5.78 Å². The monoisotopic (exact) mass is 475 g/mol. The number of aryl methyl sites for hydroxylation is 2. The number of ketones is 1. The molecule has 0 amide bonds. The average Bonchev–Trinajstić information content (AvgIpc) is 3.31. The summed E-state index contributed by atoms with van der Waals surface area (Å²) in [4.78, 5) is 14.9. The van der Waals surface area contributed by atoms with Gasteiger partial charge in [-0.2, -0.15) is 0 Å². The normalized spacial score (nSPS) is 15.1. The fourth-order valence-electron chi connectivity index (χ4n) is 4.42. The third kappa shape index (κ3) is 4.60. The molecule has 0 N–H and O–H groups in total. The van der Waals surface area contributed by atoms with Crippen LogP contribution in [0.1, 0.15) is 35.3 Å². The molecular formula is C31H29N3O2. The fourth-order valence-corrected chi connectivity index (χ4v) is 4.42. The zero-order valence-corrected chi connectivity index (χ0v) is 20.8. The molecule has 0 saturated carbocycles. The molecule has 1 heterocycles. The molecule has 0 unspecified atom stereocenters. The quantitative estimate of drug-likeness (QED) is 0.295. The van der Waals surface area contributed by atoms with Gasteiger partial charge in [-0.15, -0.1) is 5.10 Å². The highest BCUT2D eigenvalue weighted by atomic mass is 16.5. The molecule has 0 saturated heterocycles. The second kappa shape index (κ2) is 10.1. The summed E-state index contributed by atoms with van der Waals surface area (Å²) in [5, 5.41) is 6.77. The second-order valence-electron chi connectivity index (χ2n) is 8.98. The molecule has 1 aliphatic rings. The first-order valence-electron chi connectivity index (χ1n) is 12.1. The molecule has 0 radical (unpaired) electrons. The van der Waals surface area contributed by atoms with Crippen LogP contribution in [0.25, 0.3) is 0 Å². The molecule has 0 bridgehead atoms.